The van der Waals surface area contributed by atoms with Gasteiger partial charge in [-0.2, -0.15) is 0 Å². The van der Waals surface area contributed by atoms with Crippen LogP contribution in [0.4, 0.5) is 5.69 Å². The van der Waals surface area contributed by atoms with Crippen molar-refractivity contribution in [1.29, 1.82) is 0 Å². The molecule has 0 saturated carbocycles. The average molecular weight is 313 g/mol. The highest BCUT2D eigenvalue weighted by Crippen LogP contribution is 2.18. The molecule has 2 aromatic carbocycles. The zero-order valence-electron chi connectivity index (χ0n) is 13.6. The van der Waals surface area contributed by atoms with Gasteiger partial charge in [-0.3, -0.25) is 14.5 Å². The maximum Gasteiger partial charge on any atom is 0.238 e. The summed E-state index contributed by atoms with van der Waals surface area (Å²) in [6, 6.07) is 13.8. The summed E-state index contributed by atoms with van der Waals surface area (Å²) in [5, 5.41) is 7.88. The van der Waals surface area contributed by atoms with E-state index < -0.39 is 0 Å². The zero-order chi connectivity index (χ0) is 16.7. The number of benzene rings is 2. The minimum atomic E-state index is -0.133. The Morgan fingerprint density at radius 1 is 1.00 bits per heavy atom. The zero-order valence-corrected chi connectivity index (χ0v) is 13.6. The molecule has 0 aliphatic rings. The van der Waals surface area contributed by atoms with E-state index in [-0.39, 0.29) is 24.9 Å². The summed E-state index contributed by atoms with van der Waals surface area (Å²) in [5.74, 6) is -0.195. The second kappa shape index (κ2) is 8.29. The average Bonchev–Trinajstić information content (AvgIpc) is 2.52. The van der Waals surface area contributed by atoms with Gasteiger partial charge in [0.25, 0.3) is 0 Å². The van der Waals surface area contributed by atoms with Crippen molar-refractivity contribution in [3.05, 3.63) is 42.5 Å². The van der Waals surface area contributed by atoms with Gasteiger partial charge < -0.3 is 10.6 Å². The van der Waals surface area contributed by atoms with Gasteiger partial charge in [0, 0.05) is 12.2 Å². The number of hydrogen-bond acceptors (Lipinski definition) is 3. The highest BCUT2D eigenvalue weighted by atomic mass is 16.2. The first-order valence-electron chi connectivity index (χ1n) is 7.82. The van der Waals surface area contributed by atoms with Crippen LogP contribution in [-0.2, 0) is 9.59 Å². The molecular weight excluding hydrogens is 290 g/mol. The third-order valence-corrected chi connectivity index (χ3v) is 3.43. The maximum atomic E-state index is 12.1. The Balaban J connectivity index is 1.86. The standard InChI is InChI=1S/C18H23N3O2/c1-3-10-19-17(22)12-21(2)13-18(23)20-16-9-8-14-6-4-5-7-15(14)11-16/h4-9,11H,3,10,12-13H2,1-2H3,(H,19,22)(H,20,23). The van der Waals surface area contributed by atoms with Crippen molar-refractivity contribution in [2.24, 2.45) is 0 Å². The molecule has 122 valence electrons. The van der Waals surface area contributed by atoms with Crippen molar-refractivity contribution in [3.63, 3.8) is 0 Å². The molecule has 0 atom stereocenters. The van der Waals surface area contributed by atoms with E-state index in [0.29, 0.717) is 6.54 Å². The van der Waals surface area contributed by atoms with Crippen LogP contribution in [0.1, 0.15) is 13.3 Å². The van der Waals surface area contributed by atoms with Crippen LogP contribution in [0.2, 0.25) is 0 Å². The van der Waals surface area contributed by atoms with Crippen LogP contribution in [0, 0.1) is 0 Å². The minimum Gasteiger partial charge on any atom is -0.355 e. The largest absolute Gasteiger partial charge is 0.355 e. The summed E-state index contributed by atoms with van der Waals surface area (Å²) in [6.07, 6.45) is 0.901. The summed E-state index contributed by atoms with van der Waals surface area (Å²) >= 11 is 0. The lowest BCUT2D eigenvalue weighted by Gasteiger charge is -2.16. The van der Waals surface area contributed by atoms with Crippen LogP contribution in [0.5, 0.6) is 0 Å². The molecule has 0 aliphatic heterocycles. The summed E-state index contributed by atoms with van der Waals surface area (Å²) in [7, 11) is 1.76. The molecule has 0 spiro atoms. The number of nitrogens with one attached hydrogen (secondary N) is 2. The SMILES string of the molecule is CCCNC(=O)CN(C)CC(=O)Nc1ccc2ccccc2c1. The fraction of sp³-hybridized carbons (Fsp3) is 0.333. The molecule has 23 heavy (non-hydrogen) atoms. The van der Waals surface area contributed by atoms with Gasteiger partial charge in [-0.15, -0.1) is 0 Å². The van der Waals surface area contributed by atoms with Crippen LogP contribution in [-0.4, -0.2) is 43.4 Å². The Kier molecular flexibility index (Phi) is 6.11. The predicted octanol–water partition coefficient (Wildman–Crippen LogP) is 2.24. The van der Waals surface area contributed by atoms with E-state index in [1.807, 2.05) is 49.4 Å². The minimum absolute atomic E-state index is 0.0622. The lowest BCUT2D eigenvalue weighted by molar-refractivity contribution is -0.122. The first-order chi connectivity index (χ1) is 11.1. The Bertz CT molecular complexity index is 685. The number of anilines is 1. The van der Waals surface area contributed by atoms with E-state index in [1.165, 1.54) is 0 Å². The molecule has 0 fully saturated rings. The first kappa shape index (κ1) is 17.0. The molecule has 0 unspecified atom stereocenters. The maximum absolute atomic E-state index is 12.1. The number of rotatable bonds is 7. The molecule has 0 bridgehead atoms. The summed E-state index contributed by atoms with van der Waals surface area (Å²) in [6.45, 7) is 3.05. The number of carbonyl (C=O) groups excluding carboxylic acids is 2. The summed E-state index contributed by atoms with van der Waals surface area (Å²) in [4.78, 5) is 25.4. The molecule has 0 radical (unpaired) electrons. The molecule has 0 heterocycles. The van der Waals surface area contributed by atoms with Crippen molar-refractivity contribution in [1.82, 2.24) is 10.2 Å². The molecule has 0 aromatic heterocycles. The van der Waals surface area contributed by atoms with Gasteiger partial charge in [0.2, 0.25) is 11.8 Å². The second-order valence-corrected chi connectivity index (χ2v) is 5.63. The number of nitrogens with zero attached hydrogens (tertiary/aromatic N) is 1. The molecule has 2 rings (SSSR count). The number of fused-ring (bicyclic) bond motifs is 1. The van der Waals surface area contributed by atoms with Gasteiger partial charge in [0.05, 0.1) is 13.1 Å². The van der Waals surface area contributed by atoms with Gasteiger partial charge in [-0.25, -0.2) is 0 Å². The molecule has 5 heteroatoms. The molecule has 0 aliphatic carbocycles. The molecule has 2 N–H and O–H groups in total. The Morgan fingerprint density at radius 2 is 1.70 bits per heavy atom. The molecule has 0 saturated heterocycles. The topological polar surface area (TPSA) is 61.4 Å². The third kappa shape index (κ3) is 5.38. The lowest BCUT2D eigenvalue weighted by atomic mass is 10.1. The number of hydrogen-bond donors (Lipinski definition) is 2. The van der Waals surface area contributed by atoms with Gasteiger partial charge in [0.1, 0.15) is 0 Å². The van der Waals surface area contributed by atoms with E-state index >= 15 is 0 Å². The Hall–Kier alpha value is -2.40. The van der Waals surface area contributed by atoms with Crippen LogP contribution < -0.4 is 10.6 Å². The number of likely N-dealkylation sites (N-methyl/N-ethyl adjacent to an activating group) is 1. The van der Waals surface area contributed by atoms with E-state index in [1.54, 1.807) is 11.9 Å². The van der Waals surface area contributed by atoms with Crippen molar-refractivity contribution < 1.29 is 9.59 Å². The molecule has 2 aromatic rings. The third-order valence-electron chi connectivity index (χ3n) is 3.43. The summed E-state index contributed by atoms with van der Waals surface area (Å²) < 4.78 is 0. The van der Waals surface area contributed by atoms with E-state index in [2.05, 4.69) is 10.6 Å². The Morgan fingerprint density at radius 3 is 2.43 bits per heavy atom. The predicted molar refractivity (Wildman–Crippen MR) is 93.4 cm³/mol. The van der Waals surface area contributed by atoms with Crippen molar-refractivity contribution >= 4 is 28.3 Å². The lowest BCUT2D eigenvalue weighted by Crippen LogP contribution is -2.39. The molecule has 2 amide bonds. The first-order valence-corrected chi connectivity index (χ1v) is 7.82. The fourth-order valence-electron chi connectivity index (χ4n) is 2.33. The summed E-state index contributed by atoms with van der Waals surface area (Å²) in [5.41, 5.74) is 0.762. The smallest absolute Gasteiger partial charge is 0.238 e. The van der Waals surface area contributed by atoms with E-state index in [4.69, 9.17) is 0 Å². The quantitative estimate of drug-likeness (QED) is 0.824. The van der Waals surface area contributed by atoms with Crippen LogP contribution in [0.25, 0.3) is 10.8 Å². The highest BCUT2D eigenvalue weighted by Gasteiger charge is 2.10. The highest BCUT2D eigenvalue weighted by molar-refractivity contribution is 5.95. The van der Waals surface area contributed by atoms with E-state index in [0.717, 1.165) is 22.9 Å². The van der Waals surface area contributed by atoms with Crippen LogP contribution >= 0.6 is 0 Å². The van der Waals surface area contributed by atoms with Gasteiger partial charge in [-0.1, -0.05) is 37.3 Å². The van der Waals surface area contributed by atoms with Gasteiger partial charge in [-0.05, 0) is 36.4 Å². The number of amides is 2. The molecular formula is C18H23N3O2. The van der Waals surface area contributed by atoms with Crippen LogP contribution in [0.3, 0.4) is 0 Å². The van der Waals surface area contributed by atoms with Crippen molar-refractivity contribution in [2.75, 3.05) is 32.0 Å². The second-order valence-electron chi connectivity index (χ2n) is 5.63. The number of carbonyl (C=O) groups is 2. The molecule has 5 nitrogen and oxygen atoms in total. The Labute approximate surface area is 136 Å². The van der Waals surface area contributed by atoms with Crippen molar-refractivity contribution in [3.8, 4) is 0 Å². The van der Waals surface area contributed by atoms with Gasteiger partial charge >= 0.3 is 0 Å². The van der Waals surface area contributed by atoms with Gasteiger partial charge in [0.15, 0.2) is 0 Å². The van der Waals surface area contributed by atoms with Crippen LogP contribution in [0.15, 0.2) is 42.5 Å². The van der Waals surface area contributed by atoms with E-state index in [9.17, 15) is 9.59 Å². The van der Waals surface area contributed by atoms with Crippen molar-refractivity contribution in [2.45, 2.75) is 13.3 Å². The monoisotopic (exact) mass is 313 g/mol. The fourth-order valence-corrected chi connectivity index (χ4v) is 2.33. The normalized spacial score (nSPS) is 10.7.